The Hall–Kier alpha value is -1.25. The van der Waals surface area contributed by atoms with Gasteiger partial charge in [-0.2, -0.15) is 11.8 Å². The molecule has 3 N–H and O–H groups in total. The molecule has 0 aliphatic carbocycles. The first kappa shape index (κ1) is 13.7. The summed E-state index contributed by atoms with van der Waals surface area (Å²) in [6, 6.07) is 2.49. The molecule has 2 heterocycles. The van der Waals surface area contributed by atoms with Gasteiger partial charge in [0.25, 0.3) is 0 Å². The molecule has 1 aromatic carbocycles. The van der Waals surface area contributed by atoms with Crippen LogP contribution in [0.15, 0.2) is 16.6 Å². The molecule has 4 nitrogen and oxygen atoms in total. The lowest BCUT2D eigenvalue weighted by atomic mass is 10.1. The van der Waals surface area contributed by atoms with Gasteiger partial charge in [-0.3, -0.25) is 0 Å². The molecule has 104 valence electrons. The number of halogens is 3. The zero-order chi connectivity index (χ0) is 14.3. The highest BCUT2D eigenvalue weighted by molar-refractivity contribution is 9.10. The average Bonchev–Trinajstić information content (AvgIpc) is 2.92. The zero-order valence-electron chi connectivity index (χ0n) is 10.1. The van der Waals surface area contributed by atoms with Gasteiger partial charge in [-0.15, -0.1) is 0 Å². The van der Waals surface area contributed by atoms with E-state index >= 15 is 0 Å². The van der Waals surface area contributed by atoms with Gasteiger partial charge >= 0.3 is 0 Å². The Morgan fingerprint density at radius 2 is 2.05 bits per heavy atom. The molecule has 0 spiro atoms. The van der Waals surface area contributed by atoms with Gasteiger partial charge in [0.15, 0.2) is 17.5 Å². The zero-order valence-corrected chi connectivity index (χ0v) is 12.5. The van der Waals surface area contributed by atoms with Crippen LogP contribution in [0.25, 0.3) is 11.4 Å². The number of thioether (sulfide) groups is 1. The first-order valence-electron chi connectivity index (χ1n) is 5.70. The number of hydrogen-bond donors (Lipinski definition) is 2. The molecule has 0 unspecified atom stereocenters. The molecule has 20 heavy (non-hydrogen) atoms. The van der Waals surface area contributed by atoms with E-state index in [-0.39, 0.29) is 4.47 Å². The highest BCUT2D eigenvalue weighted by Gasteiger charge is 2.22. The molecular weight excluding hydrogens is 350 g/mol. The quantitative estimate of drug-likeness (QED) is 0.490. The minimum atomic E-state index is -0.955. The molecular formula is C12H9BrF2N4S. The van der Waals surface area contributed by atoms with Crippen LogP contribution < -0.4 is 11.3 Å². The predicted molar refractivity (Wildman–Crippen MR) is 77.9 cm³/mol. The normalized spacial score (nSPS) is 13.4. The van der Waals surface area contributed by atoms with Crippen LogP contribution in [-0.2, 0) is 11.5 Å². The molecule has 0 saturated carbocycles. The van der Waals surface area contributed by atoms with Gasteiger partial charge in [0.2, 0.25) is 0 Å². The van der Waals surface area contributed by atoms with Gasteiger partial charge in [-0.25, -0.2) is 24.6 Å². The number of nitrogens with two attached hydrogens (primary N) is 1. The van der Waals surface area contributed by atoms with Crippen LogP contribution in [0.2, 0.25) is 0 Å². The summed E-state index contributed by atoms with van der Waals surface area (Å²) < 4.78 is 26.8. The number of nitrogens with one attached hydrogen (secondary N) is 1. The average molecular weight is 359 g/mol. The second-order valence-corrected chi connectivity index (χ2v) is 5.96. The molecule has 8 heteroatoms. The maximum Gasteiger partial charge on any atom is 0.173 e. The van der Waals surface area contributed by atoms with Crippen molar-refractivity contribution in [2.24, 2.45) is 5.84 Å². The predicted octanol–water partition coefficient (Wildman–Crippen LogP) is 3.22. The molecule has 0 bridgehead atoms. The summed E-state index contributed by atoms with van der Waals surface area (Å²) in [6.07, 6.45) is 0. The summed E-state index contributed by atoms with van der Waals surface area (Å²) in [5, 5.41) is 0. The topological polar surface area (TPSA) is 63.8 Å². The van der Waals surface area contributed by atoms with Crippen molar-refractivity contribution < 1.29 is 8.78 Å². The van der Waals surface area contributed by atoms with E-state index in [1.54, 1.807) is 11.8 Å². The van der Waals surface area contributed by atoms with E-state index in [0.29, 0.717) is 17.2 Å². The number of anilines is 1. The van der Waals surface area contributed by atoms with Crippen molar-refractivity contribution in [3.63, 3.8) is 0 Å². The van der Waals surface area contributed by atoms with Gasteiger partial charge in [0.1, 0.15) is 5.82 Å². The van der Waals surface area contributed by atoms with Crippen molar-refractivity contribution in [1.82, 2.24) is 9.97 Å². The maximum atomic E-state index is 13.6. The third kappa shape index (κ3) is 2.17. The molecule has 1 aliphatic rings. The van der Waals surface area contributed by atoms with Crippen LogP contribution in [0.4, 0.5) is 14.6 Å². The van der Waals surface area contributed by atoms with Crippen LogP contribution in [0.1, 0.15) is 11.3 Å². The van der Waals surface area contributed by atoms with Gasteiger partial charge in [-0.05, 0) is 28.1 Å². The standard InChI is InChI=1S/C12H9BrF2N4S/c13-9-5(1-2-7(14)10(9)15)11-17-8-4-20-3-6(8)12(18-11)19-16/h1-2H,3-4,16H2,(H,17,18,19). The molecule has 0 atom stereocenters. The SMILES string of the molecule is NNc1nc(-c2ccc(F)c(F)c2Br)nc2c1CSC2. The second-order valence-electron chi connectivity index (χ2n) is 4.18. The largest absolute Gasteiger partial charge is 0.308 e. The van der Waals surface area contributed by atoms with E-state index in [2.05, 4.69) is 31.3 Å². The third-order valence-corrected chi connectivity index (χ3v) is 4.74. The Balaban J connectivity index is 2.18. The van der Waals surface area contributed by atoms with Gasteiger partial charge in [0, 0.05) is 22.6 Å². The smallest absolute Gasteiger partial charge is 0.173 e. The summed E-state index contributed by atoms with van der Waals surface area (Å²) in [6.45, 7) is 0. The van der Waals surface area contributed by atoms with Crippen LogP contribution in [-0.4, -0.2) is 9.97 Å². The molecule has 0 saturated heterocycles. The molecule has 0 amide bonds. The molecule has 3 rings (SSSR count). The second kappa shape index (κ2) is 5.27. The Morgan fingerprint density at radius 1 is 1.25 bits per heavy atom. The van der Waals surface area contributed by atoms with E-state index in [1.807, 2.05) is 0 Å². The van der Waals surface area contributed by atoms with Crippen molar-refractivity contribution in [2.45, 2.75) is 11.5 Å². The summed E-state index contributed by atoms with van der Waals surface area (Å²) in [5.41, 5.74) is 4.75. The van der Waals surface area contributed by atoms with Crippen molar-refractivity contribution in [3.05, 3.63) is 39.5 Å². The summed E-state index contributed by atoms with van der Waals surface area (Å²) in [7, 11) is 0. The minimum absolute atomic E-state index is 0.00562. The van der Waals surface area contributed by atoms with Crippen molar-refractivity contribution in [2.75, 3.05) is 5.43 Å². The first-order valence-corrected chi connectivity index (χ1v) is 7.64. The molecule has 1 aromatic heterocycles. The number of rotatable bonds is 2. The molecule has 1 aliphatic heterocycles. The van der Waals surface area contributed by atoms with E-state index < -0.39 is 11.6 Å². The van der Waals surface area contributed by atoms with Crippen molar-refractivity contribution >= 4 is 33.5 Å². The molecule has 0 fully saturated rings. The van der Waals surface area contributed by atoms with E-state index in [9.17, 15) is 8.78 Å². The van der Waals surface area contributed by atoms with Crippen LogP contribution in [0, 0.1) is 11.6 Å². The van der Waals surface area contributed by atoms with Gasteiger partial charge in [0.05, 0.1) is 10.2 Å². The van der Waals surface area contributed by atoms with Gasteiger partial charge in [-0.1, -0.05) is 0 Å². The molecule has 0 radical (unpaired) electrons. The number of aromatic nitrogens is 2. The Kier molecular flexibility index (Phi) is 3.61. The Bertz CT molecular complexity index is 696. The van der Waals surface area contributed by atoms with Crippen LogP contribution in [0.5, 0.6) is 0 Å². The fraction of sp³-hybridized carbons (Fsp3) is 0.167. The van der Waals surface area contributed by atoms with E-state index in [1.165, 1.54) is 6.07 Å². The summed E-state index contributed by atoms with van der Waals surface area (Å²) in [4.78, 5) is 8.70. The third-order valence-electron chi connectivity index (χ3n) is 2.99. The van der Waals surface area contributed by atoms with Crippen LogP contribution in [0.3, 0.4) is 0 Å². The summed E-state index contributed by atoms with van der Waals surface area (Å²) >= 11 is 4.75. The molecule has 2 aromatic rings. The number of nitrogens with zero attached hydrogens (tertiary/aromatic N) is 2. The fourth-order valence-electron chi connectivity index (χ4n) is 1.99. The lowest BCUT2D eigenvalue weighted by molar-refractivity contribution is 0.504. The lowest BCUT2D eigenvalue weighted by Crippen LogP contribution is -2.13. The highest BCUT2D eigenvalue weighted by atomic mass is 79.9. The Morgan fingerprint density at radius 3 is 2.80 bits per heavy atom. The maximum absolute atomic E-state index is 13.6. The van der Waals surface area contributed by atoms with Crippen molar-refractivity contribution in [1.29, 1.82) is 0 Å². The number of hydrogen-bond acceptors (Lipinski definition) is 5. The first-order chi connectivity index (χ1) is 9.61. The van der Waals surface area contributed by atoms with E-state index in [0.717, 1.165) is 28.8 Å². The fourth-order valence-corrected chi connectivity index (χ4v) is 3.53. The summed E-state index contributed by atoms with van der Waals surface area (Å²) in [5.74, 6) is 5.96. The number of hydrazine groups is 1. The Labute approximate surface area is 126 Å². The highest BCUT2D eigenvalue weighted by Crippen LogP contribution is 2.36. The minimum Gasteiger partial charge on any atom is -0.308 e. The van der Waals surface area contributed by atoms with Crippen molar-refractivity contribution in [3.8, 4) is 11.4 Å². The lowest BCUT2D eigenvalue weighted by Gasteiger charge is -2.10. The van der Waals surface area contributed by atoms with Crippen LogP contribution >= 0.6 is 27.7 Å². The number of fused-ring (bicyclic) bond motifs is 1. The monoisotopic (exact) mass is 358 g/mol. The number of benzene rings is 1. The van der Waals surface area contributed by atoms with E-state index in [4.69, 9.17) is 5.84 Å². The number of nitrogen functional groups attached to an aromatic ring is 1. The van der Waals surface area contributed by atoms with Gasteiger partial charge < -0.3 is 5.43 Å².